The fourth-order valence-electron chi connectivity index (χ4n) is 1.98. The van der Waals surface area contributed by atoms with Crippen LogP contribution in [0.1, 0.15) is 38.7 Å². The number of nitrogen functional groups attached to an aromatic ring is 1. The predicted molar refractivity (Wildman–Crippen MR) is 77.7 cm³/mol. The number of rotatable bonds is 6. The smallest absolute Gasteiger partial charge is 0.227 e. The summed E-state index contributed by atoms with van der Waals surface area (Å²) in [6.45, 7) is 6.21. The first kappa shape index (κ1) is 15.5. The van der Waals surface area contributed by atoms with Gasteiger partial charge in [0.1, 0.15) is 0 Å². The van der Waals surface area contributed by atoms with Crippen molar-refractivity contribution in [3.8, 4) is 0 Å². The van der Waals surface area contributed by atoms with Crippen LogP contribution >= 0.6 is 0 Å². The van der Waals surface area contributed by atoms with Crippen LogP contribution in [0.2, 0.25) is 0 Å². The van der Waals surface area contributed by atoms with Gasteiger partial charge in [-0.05, 0) is 37.0 Å². The molecule has 0 fully saturated rings. The number of nitrogens with one attached hydrogen (secondary N) is 1. The summed E-state index contributed by atoms with van der Waals surface area (Å²) >= 11 is 0. The normalized spacial score (nSPS) is 14.2. The SMILES string of the molecule is CC(C)CC(O)CNC(=O)C(C)c1cccc(N)c1. The van der Waals surface area contributed by atoms with Gasteiger partial charge < -0.3 is 16.2 Å². The lowest BCUT2D eigenvalue weighted by atomic mass is 9.99. The van der Waals surface area contributed by atoms with Crippen molar-refractivity contribution in [3.05, 3.63) is 29.8 Å². The number of hydrogen-bond donors (Lipinski definition) is 3. The Kier molecular flexibility index (Phi) is 5.83. The molecule has 0 radical (unpaired) electrons. The standard InChI is InChI=1S/C15H24N2O2/c1-10(2)7-14(18)9-17-15(19)11(3)12-5-4-6-13(16)8-12/h4-6,8,10-11,14,18H,7,9,16H2,1-3H3,(H,17,19). The molecule has 0 saturated carbocycles. The van der Waals surface area contributed by atoms with Crippen LogP contribution in [-0.4, -0.2) is 23.7 Å². The van der Waals surface area contributed by atoms with E-state index in [9.17, 15) is 9.90 Å². The van der Waals surface area contributed by atoms with Crippen molar-refractivity contribution in [2.24, 2.45) is 5.92 Å². The summed E-state index contributed by atoms with van der Waals surface area (Å²) in [5, 5.41) is 12.5. The molecule has 1 rings (SSSR count). The second-order valence-electron chi connectivity index (χ2n) is 5.42. The molecular weight excluding hydrogens is 240 g/mol. The Hall–Kier alpha value is -1.55. The van der Waals surface area contributed by atoms with Crippen molar-refractivity contribution >= 4 is 11.6 Å². The van der Waals surface area contributed by atoms with Gasteiger partial charge in [0, 0.05) is 12.2 Å². The van der Waals surface area contributed by atoms with E-state index in [-0.39, 0.29) is 11.8 Å². The minimum Gasteiger partial charge on any atom is -0.399 e. The van der Waals surface area contributed by atoms with Gasteiger partial charge >= 0.3 is 0 Å². The summed E-state index contributed by atoms with van der Waals surface area (Å²) in [5.41, 5.74) is 7.24. The number of anilines is 1. The van der Waals surface area contributed by atoms with E-state index < -0.39 is 6.10 Å². The minimum atomic E-state index is -0.489. The number of carbonyl (C=O) groups is 1. The zero-order chi connectivity index (χ0) is 14.4. The number of aliphatic hydroxyl groups is 1. The van der Waals surface area contributed by atoms with Crippen molar-refractivity contribution in [3.63, 3.8) is 0 Å². The number of benzene rings is 1. The summed E-state index contributed by atoms with van der Waals surface area (Å²) < 4.78 is 0. The first-order valence-electron chi connectivity index (χ1n) is 6.71. The summed E-state index contributed by atoms with van der Waals surface area (Å²) in [5.74, 6) is 0.0569. The number of nitrogens with two attached hydrogens (primary N) is 1. The molecule has 4 heteroatoms. The highest BCUT2D eigenvalue weighted by molar-refractivity contribution is 5.83. The van der Waals surface area contributed by atoms with E-state index in [1.165, 1.54) is 0 Å². The zero-order valence-corrected chi connectivity index (χ0v) is 11.9. The molecule has 1 aromatic rings. The zero-order valence-electron chi connectivity index (χ0n) is 11.9. The van der Waals surface area contributed by atoms with Gasteiger partial charge in [0.05, 0.1) is 12.0 Å². The largest absolute Gasteiger partial charge is 0.399 e. The molecule has 2 atom stereocenters. The van der Waals surface area contributed by atoms with Gasteiger partial charge in [-0.2, -0.15) is 0 Å². The highest BCUT2D eigenvalue weighted by Gasteiger charge is 2.16. The molecule has 106 valence electrons. The molecule has 2 unspecified atom stereocenters. The number of aliphatic hydroxyl groups excluding tert-OH is 1. The predicted octanol–water partition coefficient (Wildman–Crippen LogP) is 1.90. The van der Waals surface area contributed by atoms with Crippen molar-refractivity contribution in [1.82, 2.24) is 5.32 Å². The molecule has 0 aliphatic rings. The van der Waals surface area contributed by atoms with Crippen LogP contribution in [0.5, 0.6) is 0 Å². The third kappa shape index (κ3) is 5.30. The van der Waals surface area contributed by atoms with Gasteiger partial charge in [-0.3, -0.25) is 4.79 Å². The quantitative estimate of drug-likeness (QED) is 0.687. The molecule has 0 aliphatic heterocycles. The van der Waals surface area contributed by atoms with Crippen LogP contribution in [0.3, 0.4) is 0 Å². The van der Waals surface area contributed by atoms with E-state index in [0.717, 1.165) is 5.56 Å². The molecule has 19 heavy (non-hydrogen) atoms. The lowest BCUT2D eigenvalue weighted by molar-refractivity contribution is -0.122. The van der Waals surface area contributed by atoms with Crippen LogP contribution in [0.15, 0.2) is 24.3 Å². The molecule has 4 nitrogen and oxygen atoms in total. The minimum absolute atomic E-state index is 0.0894. The Bertz CT molecular complexity index is 418. The number of amides is 1. The van der Waals surface area contributed by atoms with Crippen LogP contribution in [0.25, 0.3) is 0 Å². The van der Waals surface area contributed by atoms with E-state index in [1.54, 1.807) is 12.1 Å². The maximum absolute atomic E-state index is 12.0. The molecule has 0 saturated heterocycles. The second kappa shape index (κ2) is 7.14. The van der Waals surface area contributed by atoms with Crippen LogP contribution < -0.4 is 11.1 Å². The van der Waals surface area contributed by atoms with Gasteiger partial charge in [-0.25, -0.2) is 0 Å². The van der Waals surface area contributed by atoms with Gasteiger partial charge in [-0.1, -0.05) is 26.0 Å². The van der Waals surface area contributed by atoms with Gasteiger partial charge in [0.15, 0.2) is 0 Å². The Balaban J connectivity index is 2.49. The molecule has 0 spiro atoms. The molecule has 0 heterocycles. The van der Waals surface area contributed by atoms with E-state index in [0.29, 0.717) is 24.6 Å². The summed E-state index contributed by atoms with van der Waals surface area (Å²) in [6, 6.07) is 7.31. The van der Waals surface area contributed by atoms with Crippen molar-refractivity contribution in [1.29, 1.82) is 0 Å². The average molecular weight is 264 g/mol. The fraction of sp³-hybridized carbons (Fsp3) is 0.533. The highest BCUT2D eigenvalue weighted by Crippen LogP contribution is 2.17. The Morgan fingerprint density at radius 1 is 1.37 bits per heavy atom. The third-order valence-electron chi connectivity index (χ3n) is 3.06. The topological polar surface area (TPSA) is 75.3 Å². The molecule has 0 aliphatic carbocycles. The van der Waals surface area contributed by atoms with E-state index in [4.69, 9.17) is 5.73 Å². The molecule has 0 bridgehead atoms. The van der Waals surface area contributed by atoms with Gasteiger partial charge in [0.25, 0.3) is 0 Å². The molecule has 1 amide bonds. The lowest BCUT2D eigenvalue weighted by Crippen LogP contribution is -2.35. The molecule has 0 aromatic heterocycles. The van der Waals surface area contributed by atoms with Crippen molar-refractivity contribution in [2.75, 3.05) is 12.3 Å². The van der Waals surface area contributed by atoms with E-state index >= 15 is 0 Å². The average Bonchev–Trinajstić information content (AvgIpc) is 2.34. The first-order chi connectivity index (χ1) is 8.90. The van der Waals surface area contributed by atoms with Gasteiger partial charge in [0.2, 0.25) is 5.91 Å². The van der Waals surface area contributed by atoms with E-state index in [1.807, 2.05) is 32.9 Å². The Labute approximate surface area is 115 Å². The summed E-state index contributed by atoms with van der Waals surface area (Å²) in [6.07, 6.45) is 0.199. The molecular formula is C15H24N2O2. The van der Waals surface area contributed by atoms with Crippen LogP contribution in [0, 0.1) is 5.92 Å². The maximum Gasteiger partial charge on any atom is 0.227 e. The fourth-order valence-corrected chi connectivity index (χ4v) is 1.98. The highest BCUT2D eigenvalue weighted by atomic mass is 16.3. The first-order valence-corrected chi connectivity index (χ1v) is 6.71. The second-order valence-corrected chi connectivity index (χ2v) is 5.42. The summed E-state index contributed by atoms with van der Waals surface area (Å²) in [7, 11) is 0. The Morgan fingerprint density at radius 2 is 2.05 bits per heavy atom. The number of hydrogen-bond acceptors (Lipinski definition) is 3. The van der Waals surface area contributed by atoms with Crippen LogP contribution in [0.4, 0.5) is 5.69 Å². The maximum atomic E-state index is 12.0. The lowest BCUT2D eigenvalue weighted by Gasteiger charge is -2.17. The molecule has 1 aromatic carbocycles. The summed E-state index contributed by atoms with van der Waals surface area (Å²) in [4.78, 5) is 12.0. The van der Waals surface area contributed by atoms with Crippen LogP contribution in [-0.2, 0) is 4.79 Å². The van der Waals surface area contributed by atoms with Crippen molar-refractivity contribution < 1.29 is 9.90 Å². The number of carbonyl (C=O) groups excluding carboxylic acids is 1. The monoisotopic (exact) mass is 264 g/mol. The van der Waals surface area contributed by atoms with Crippen molar-refractivity contribution in [2.45, 2.75) is 39.2 Å². The molecule has 4 N–H and O–H groups in total. The van der Waals surface area contributed by atoms with E-state index in [2.05, 4.69) is 5.32 Å². The third-order valence-corrected chi connectivity index (χ3v) is 3.06. The van der Waals surface area contributed by atoms with Gasteiger partial charge in [-0.15, -0.1) is 0 Å². The Morgan fingerprint density at radius 3 is 2.63 bits per heavy atom.